The molecule has 35 heavy (non-hydrogen) atoms. The monoisotopic (exact) mass is 555 g/mol. The molecule has 204 valence electrons. The summed E-state index contributed by atoms with van der Waals surface area (Å²) < 4.78 is 225. The van der Waals surface area contributed by atoms with Crippen molar-refractivity contribution in [1.29, 1.82) is 0 Å². The molecule has 0 unspecified atom stereocenters. The first kappa shape index (κ1) is 30.8. The second kappa shape index (κ2) is 8.72. The summed E-state index contributed by atoms with van der Waals surface area (Å²) in [6, 6.07) is 0.536. The van der Waals surface area contributed by atoms with Gasteiger partial charge in [-0.3, -0.25) is 0 Å². The molecule has 0 radical (unpaired) electrons. The quantitative estimate of drug-likeness (QED) is 0.321. The number of nitrogens with one attached hydrogen (secondary N) is 1. The smallest absolute Gasteiger partial charge is 0.395 e. The number of benzene rings is 1. The van der Waals surface area contributed by atoms with E-state index in [1.54, 1.807) is 0 Å². The molecule has 1 rings (SSSR count). The van der Waals surface area contributed by atoms with Gasteiger partial charge in [-0.25, -0.2) is 0 Å². The lowest BCUT2D eigenvalue weighted by molar-refractivity contribution is -0.462. The Morgan fingerprint density at radius 1 is 0.514 bits per heavy atom. The topological polar surface area (TPSA) is 32.3 Å². The number of aliphatic hydroxyl groups is 1. The van der Waals surface area contributed by atoms with Crippen LogP contribution in [0.3, 0.4) is 0 Å². The van der Waals surface area contributed by atoms with Crippen molar-refractivity contribution in [3.63, 3.8) is 0 Å². The van der Waals surface area contributed by atoms with Gasteiger partial charge in [-0.1, -0.05) is 12.1 Å². The summed E-state index contributed by atoms with van der Waals surface area (Å²) in [5.41, 5.74) is -2.57. The summed E-state index contributed by atoms with van der Waals surface area (Å²) >= 11 is 0. The van der Waals surface area contributed by atoms with Gasteiger partial charge in [0.1, 0.15) is 0 Å². The molecule has 0 aliphatic heterocycles. The minimum atomic E-state index is -8.65. The van der Waals surface area contributed by atoms with Crippen LogP contribution in [0.25, 0.3) is 0 Å². The van der Waals surface area contributed by atoms with Crippen molar-refractivity contribution in [3.05, 3.63) is 29.8 Å². The Morgan fingerprint density at radius 2 is 0.857 bits per heavy atom. The molecule has 0 fully saturated rings. The SMILES string of the molecule is OCCNc1ccc(C(F)(F)C(F)(F)C(F)(F)C(F)(F)C(F)(F)C(F)(F)C(F)(F)C(F)(F)F)cc1. The summed E-state index contributed by atoms with van der Waals surface area (Å²) in [5.74, 6) is -56.7. The Bertz CT molecular complexity index is 875. The minimum Gasteiger partial charge on any atom is -0.395 e. The molecule has 0 saturated carbocycles. The zero-order chi connectivity index (χ0) is 28.1. The third-order valence-corrected chi connectivity index (χ3v) is 4.41. The Hall–Kier alpha value is -2.21. The molecular formula is C16H10F17NO. The van der Waals surface area contributed by atoms with Crippen LogP contribution in [0.15, 0.2) is 24.3 Å². The van der Waals surface area contributed by atoms with E-state index in [2.05, 4.69) is 5.32 Å². The fourth-order valence-electron chi connectivity index (χ4n) is 2.34. The molecule has 0 saturated heterocycles. The zero-order valence-corrected chi connectivity index (χ0v) is 16.1. The van der Waals surface area contributed by atoms with E-state index in [4.69, 9.17) is 5.11 Å². The molecule has 0 heterocycles. The van der Waals surface area contributed by atoms with Gasteiger partial charge in [-0.15, -0.1) is 0 Å². The average Bonchev–Trinajstić information content (AvgIpc) is 2.70. The van der Waals surface area contributed by atoms with Crippen molar-refractivity contribution in [2.45, 2.75) is 47.6 Å². The first-order valence-corrected chi connectivity index (χ1v) is 8.45. The molecule has 19 heteroatoms. The van der Waals surface area contributed by atoms with Crippen LogP contribution in [0.1, 0.15) is 5.56 Å². The van der Waals surface area contributed by atoms with Crippen molar-refractivity contribution in [2.75, 3.05) is 18.5 Å². The van der Waals surface area contributed by atoms with Gasteiger partial charge in [-0.2, -0.15) is 74.6 Å². The molecule has 0 aromatic heterocycles. The van der Waals surface area contributed by atoms with Gasteiger partial charge >= 0.3 is 47.6 Å². The van der Waals surface area contributed by atoms with Crippen LogP contribution < -0.4 is 5.32 Å². The molecule has 0 atom stereocenters. The minimum absolute atomic E-state index is 0.146. The van der Waals surface area contributed by atoms with E-state index < -0.39 is 59.8 Å². The van der Waals surface area contributed by atoms with Gasteiger partial charge in [0.05, 0.1) is 6.61 Å². The molecule has 2 nitrogen and oxygen atoms in total. The van der Waals surface area contributed by atoms with E-state index in [1.165, 1.54) is 0 Å². The van der Waals surface area contributed by atoms with E-state index in [9.17, 15) is 74.6 Å². The maximum atomic E-state index is 14.1. The highest BCUT2D eigenvalue weighted by Gasteiger charge is 2.95. The van der Waals surface area contributed by atoms with E-state index in [-0.39, 0.29) is 24.4 Å². The van der Waals surface area contributed by atoms with Gasteiger partial charge in [-0.05, 0) is 12.1 Å². The van der Waals surface area contributed by atoms with E-state index in [1.807, 2.05) is 0 Å². The normalized spacial score (nSPS) is 15.4. The zero-order valence-electron chi connectivity index (χ0n) is 16.1. The fraction of sp³-hybridized carbons (Fsp3) is 0.625. The Balaban J connectivity index is 3.60. The van der Waals surface area contributed by atoms with Gasteiger partial charge in [0.25, 0.3) is 0 Å². The Kier molecular flexibility index (Phi) is 7.68. The van der Waals surface area contributed by atoms with Crippen molar-refractivity contribution in [1.82, 2.24) is 0 Å². The number of hydrogen-bond acceptors (Lipinski definition) is 2. The number of halogens is 17. The maximum absolute atomic E-state index is 14.1. The van der Waals surface area contributed by atoms with Crippen LogP contribution >= 0.6 is 0 Å². The predicted octanol–water partition coefficient (Wildman–Crippen LogP) is 6.56. The maximum Gasteiger partial charge on any atom is 0.460 e. The van der Waals surface area contributed by atoms with E-state index in [0.29, 0.717) is 12.1 Å². The summed E-state index contributed by atoms with van der Waals surface area (Å²) in [4.78, 5) is 0. The molecule has 0 aliphatic rings. The average molecular weight is 555 g/mol. The molecule has 0 bridgehead atoms. The summed E-state index contributed by atoms with van der Waals surface area (Å²) in [7, 11) is 0. The first-order valence-electron chi connectivity index (χ1n) is 8.45. The third-order valence-electron chi connectivity index (χ3n) is 4.41. The van der Waals surface area contributed by atoms with Crippen molar-refractivity contribution in [3.8, 4) is 0 Å². The molecule has 0 aliphatic carbocycles. The van der Waals surface area contributed by atoms with Crippen molar-refractivity contribution >= 4 is 5.69 Å². The van der Waals surface area contributed by atoms with Gasteiger partial charge in [0.2, 0.25) is 0 Å². The largest absolute Gasteiger partial charge is 0.460 e. The van der Waals surface area contributed by atoms with Crippen LogP contribution in [-0.2, 0) is 5.92 Å². The van der Waals surface area contributed by atoms with Crippen LogP contribution in [0, 0.1) is 0 Å². The van der Waals surface area contributed by atoms with Crippen molar-refractivity contribution in [2.24, 2.45) is 0 Å². The summed E-state index contributed by atoms with van der Waals surface area (Å²) in [5, 5.41) is 10.8. The molecule has 1 aromatic rings. The highest BCUT2D eigenvalue weighted by molar-refractivity contribution is 5.45. The van der Waals surface area contributed by atoms with Crippen LogP contribution in [0.4, 0.5) is 80.3 Å². The lowest BCUT2D eigenvalue weighted by atomic mass is 9.87. The Labute approximate surface area is 182 Å². The van der Waals surface area contributed by atoms with Gasteiger partial charge < -0.3 is 10.4 Å². The molecule has 2 N–H and O–H groups in total. The summed E-state index contributed by atoms with van der Waals surface area (Å²) in [6.07, 6.45) is -7.79. The molecule has 1 aromatic carbocycles. The molecule has 0 amide bonds. The molecular weight excluding hydrogens is 545 g/mol. The highest BCUT2D eigenvalue weighted by Crippen LogP contribution is 2.65. The fourth-order valence-corrected chi connectivity index (χ4v) is 2.34. The second-order valence-electron chi connectivity index (χ2n) is 6.75. The van der Waals surface area contributed by atoms with Crippen LogP contribution in [0.2, 0.25) is 0 Å². The number of anilines is 1. The second-order valence-corrected chi connectivity index (χ2v) is 6.75. The van der Waals surface area contributed by atoms with Gasteiger partial charge in [0.15, 0.2) is 0 Å². The lowest BCUT2D eigenvalue weighted by Crippen LogP contribution is -2.74. The van der Waals surface area contributed by atoms with Crippen molar-refractivity contribution < 1.29 is 79.7 Å². The lowest BCUT2D eigenvalue weighted by Gasteiger charge is -2.42. The first-order chi connectivity index (χ1) is 15.3. The van der Waals surface area contributed by atoms with E-state index >= 15 is 0 Å². The molecule has 0 spiro atoms. The summed E-state index contributed by atoms with van der Waals surface area (Å²) in [6.45, 7) is -0.842. The number of hydrogen-bond donors (Lipinski definition) is 2. The predicted molar refractivity (Wildman–Crippen MR) is 81.6 cm³/mol. The number of aliphatic hydroxyl groups excluding tert-OH is 1. The standard InChI is InChI=1S/C16H10F17NO/c17-9(18,7-1-3-8(4-2-7)34-5-6-35)10(19,20)11(21,22)12(23,24)13(25,26)14(27,28)15(29,30)16(31,32)33/h1-4,34-35H,5-6H2. The Morgan fingerprint density at radius 3 is 1.20 bits per heavy atom. The third kappa shape index (κ3) is 4.32. The van der Waals surface area contributed by atoms with Crippen LogP contribution in [-0.4, -0.2) is 60.0 Å². The van der Waals surface area contributed by atoms with Gasteiger partial charge in [0, 0.05) is 17.8 Å². The highest BCUT2D eigenvalue weighted by atomic mass is 19.4. The van der Waals surface area contributed by atoms with E-state index in [0.717, 1.165) is 0 Å². The number of rotatable bonds is 10. The van der Waals surface area contributed by atoms with Crippen LogP contribution in [0.5, 0.6) is 0 Å². The number of alkyl halides is 17.